The molecule has 0 spiro atoms. The van der Waals surface area contributed by atoms with Gasteiger partial charge in [-0.25, -0.2) is 5.01 Å². The first-order chi connectivity index (χ1) is 15.7. The maximum atomic E-state index is 13.4. The molecule has 3 aromatic rings. The van der Waals surface area contributed by atoms with Crippen LogP contribution in [0.25, 0.3) is 0 Å². The summed E-state index contributed by atoms with van der Waals surface area (Å²) >= 11 is 0. The van der Waals surface area contributed by atoms with Crippen molar-refractivity contribution in [2.45, 2.75) is 13.1 Å². The fraction of sp³-hybridized carbons (Fsp3) is 0.167. The molecule has 1 atom stereocenters. The quantitative estimate of drug-likeness (QED) is 0.640. The van der Waals surface area contributed by atoms with Gasteiger partial charge in [-0.15, -0.1) is 0 Å². The van der Waals surface area contributed by atoms with Gasteiger partial charge < -0.3 is 19.5 Å². The molecular weight excluding hydrogens is 410 g/mol. The Kier molecular flexibility index (Phi) is 5.03. The van der Waals surface area contributed by atoms with Gasteiger partial charge in [-0.05, 0) is 43.3 Å². The highest BCUT2D eigenvalue weighted by atomic mass is 16.7. The number of rotatable bonds is 5. The number of nitrogens with zero attached hydrogens (tertiary/aromatic N) is 1. The van der Waals surface area contributed by atoms with Crippen LogP contribution in [0.4, 0.5) is 5.69 Å². The summed E-state index contributed by atoms with van der Waals surface area (Å²) in [5.41, 5.74) is 4.98. The molecule has 0 fully saturated rings. The number of nitrogens with one attached hydrogen (secondary N) is 2. The molecule has 3 aromatic carbocycles. The minimum atomic E-state index is -0.657. The largest absolute Gasteiger partial charge is 0.493 e. The highest BCUT2D eigenvalue weighted by Crippen LogP contribution is 2.38. The van der Waals surface area contributed by atoms with E-state index in [2.05, 4.69) is 10.7 Å². The fourth-order valence-electron chi connectivity index (χ4n) is 3.79. The van der Waals surface area contributed by atoms with Crippen LogP contribution >= 0.6 is 0 Å². The monoisotopic (exact) mass is 431 g/mol. The Labute approximate surface area is 184 Å². The summed E-state index contributed by atoms with van der Waals surface area (Å²) in [5.74, 6) is 0.893. The van der Waals surface area contributed by atoms with Crippen LogP contribution in [0.5, 0.6) is 17.2 Å². The Morgan fingerprint density at radius 2 is 1.88 bits per heavy atom. The summed E-state index contributed by atoms with van der Waals surface area (Å²) in [6.45, 7) is 2.41. The number of benzene rings is 3. The minimum Gasteiger partial charge on any atom is -0.493 e. The second kappa shape index (κ2) is 8.14. The van der Waals surface area contributed by atoms with E-state index in [4.69, 9.17) is 14.2 Å². The predicted octanol–water partition coefficient (Wildman–Crippen LogP) is 3.73. The molecule has 0 bridgehead atoms. The Balaban J connectivity index is 1.52. The molecule has 2 amide bonds. The van der Waals surface area contributed by atoms with Crippen molar-refractivity contribution in [1.29, 1.82) is 0 Å². The van der Waals surface area contributed by atoms with E-state index in [1.54, 1.807) is 48.5 Å². The molecule has 0 unspecified atom stereocenters. The summed E-state index contributed by atoms with van der Waals surface area (Å²) in [6.07, 6.45) is -0.657. The summed E-state index contributed by atoms with van der Waals surface area (Å²) in [5, 5.41) is 4.64. The number of hydrazine groups is 1. The first-order valence-corrected chi connectivity index (χ1v) is 10.3. The van der Waals surface area contributed by atoms with E-state index in [9.17, 15) is 9.59 Å². The number of para-hydroxylation sites is 2. The van der Waals surface area contributed by atoms with E-state index in [1.807, 2.05) is 25.1 Å². The van der Waals surface area contributed by atoms with Crippen molar-refractivity contribution in [2.75, 3.05) is 18.7 Å². The van der Waals surface area contributed by atoms with E-state index in [-0.39, 0.29) is 12.7 Å². The lowest BCUT2D eigenvalue weighted by molar-refractivity contribution is 0.0489. The van der Waals surface area contributed by atoms with E-state index in [0.717, 1.165) is 5.56 Å². The number of amides is 2. The Morgan fingerprint density at radius 1 is 1.09 bits per heavy atom. The first-order valence-electron chi connectivity index (χ1n) is 10.3. The number of hydrogen-bond acceptors (Lipinski definition) is 6. The third-order valence-corrected chi connectivity index (χ3v) is 5.29. The summed E-state index contributed by atoms with van der Waals surface area (Å²) in [6, 6.07) is 19.5. The van der Waals surface area contributed by atoms with Crippen molar-refractivity contribution in [2.24, 2.45) is 0 Å². The van der Waals surface area contributed by atoms with Gasteiger partial charge in [-0.1, -0.05) is 30.3 Å². The molecule has 0 aliphatic carbocycles. The smallest absolute Gasteiger partial charge is 0.276 e. The van der Waals surface area contributed by atoms with Crippen LogP contribution in [0.1, 0.15) is 39.4 Å². The van der Waals surface area contributed by atoms with Crippen LogP contribution in [0, 0.1) is 0 Å². The zero-order valence-corrected chi connectivity index (χ0v) is 17.3. The normalized spacial score (nSPS) is 16.2. The SMILES string of the molecule is CCOc1ccccc1C(=O)NN1C(=O)c2ccccc2N[C@@H]1c1ccc2c(c1)OCO2. The summed E-state index contributed by atoms with van der Waals surface area (Å²) in [4.78, 5) is 26.6. The number of carbonyl (C=O) groups is 2. The van der Waals surface area contributed by atoms with E-state index < -0.39 is 12.1 Å². The van der Waals surface area contributed by atoms with Gasteiger partial charge in [0, 0.05) is 11.3 Å². The third kappa shape index (κ3) is 3.45. The van der Waals surface area contributed by atoms with Crippen LogP contribution in [0.15, 0.2) is 66.7 Å². The number of fused-ring (bicyclic) bond motifs is 2. The molecule has 162 valence electrons. The molecule has 0 saturated heterocycles. The van der Waals surface area contributed by atoms with Crippen molar-refractivity contribution < 1.29 is 23.8 Å². The molecule has 0 aromatic heterocycles. The zero-order valence-electron chi connectivity index (χ0n) is 17.3. The molecule has 2 heterocycles. The van der Waals surface area contributed by atoms with Gasteiger partial charge >= 0.3 is 0 Å². The lowest BCUT2D eigenvalue weighted by Crippen LogP contribution is -2.52. The standard InChI is InChI=1S/C24H21N3O5/c1-2-30-19-10-6-4-8-17(19)23(28)26-27-22(15-11-12-20-21(13-15)32-14-31-20)25-18-9-5-3-7-16(18)24(27)29/h3-13,22,25H,2,14H2,1H3,(H,26,28)/t22-/m0/s1. The number of hydrogen-bond donors (Lipinski definition) is 2. The predicted molar refractivity (Wildman–Crippen MR) is 117 cm³/mol. The Bertz CT molecular complexity index is 1200. The van der Waals surface area contributed by atoms with Crippen LogP contribution < -0.4 is 25.0 Å². The van der Waals surface area contributed by atoms with Gasteiger partial charge in [0.15, 0.2) is 11.5 Å². The van der Waals surface area contributed by atoms with Gasteiger partial charge in [0.25, 0.3) is 11.8 Å². The fourth-order valence-corrected chi connectivity index (χ4v) is 3.79. The molecule has 8 nitrogen and oxygen atoms in total. The first kappa shape index (κ1) is 19.7. The van der Waals surface area contributed by atoms with Crippen LogP contribution in [-0.4, -0.2) is 30.2 Å². The molecule has 2 N–H and O–H groups in total. The van der Waals surface area contributed by atoms with Crippen molar-refractivity contribution in [1.82, 2.24) is 10.4 Å². The van der Waals surface area contributed by atoms with Gasteiger partial charge in [0.05, 0.1) is 17.7 Å². The molecule has 8 heteroatoms. The number of anilines is 1. The zero-order chi connectivity index (χ0) is 22.1. The van der Waals surface area contributed by atoms with Crippen LogP contribution in [0.3, 0.4) is 0 Å². The van der Waals surface area contributed by atoms with Gasteiger partial charge in [0.1, 0.15) is 11.9 Å². The third-order valence-electron chi connectivity index (χ3n) is 5.29. The Morgan fingerprint density at radius 3 is 2.75 bits per heavy atom. The maximum absolute atomic E-state index is 13.4. The molecule has 2 aliphatic heterocycles. The number of carbonyl (C=O) groups excluding carboxylic acids is 2. The highest BCUT2D eigenvalue weighted by Gasteiger charge is 2.35. The van der Waals surface area contributed by atoms with Gasteiger partial charge in [-0.3, -0.25) is 15.0 Å². The molecule has 32 heavy (non-hydrogen) atoms. The Hall–Kier alpha value is -4.20. The van der Waals surface area contributed by atoms with Crippen LogP contribution in [0.2, 0.25) is 0 Å². The highest BCUT2D eigenvalue weighted by molar-refractivity contribution is 6.04. The lowest BCUT2D eigenvalue weighted by Gasteiger charge is -2.37. The molecular formula is C24H21N3O5. The maximum Gasteiger partial charge on any atom is 0.276 e. The number of ether oxygens (including phenoxy) is 3. The average Bonchev–Trinajstić information content (AvgIpc) is 3.29. The van der Waals surface area contributed by atoms with Crippen molar-refractivity contribution in [3.05, 3.63) is 83.4 Å². The van der Waals surface area contributed by atoms with Crippen molar-refractivity contribution in [3.8, 4) is 17.2 Å². The van der Waals surface area contributed by atoms with Gasteiger partial charge in [0.2, 0.25) is 6.79 Å². The summed E-state index contributed by atoms with van der Waals surface area (Å²) < 4.78 is 16.5. The van der Waals surface area contributed by atoms with E-state index in [0.29, 0.717) is 40.7 Å². The second-order valence-corrected chi connectivity index (χ2v) is 7.25. The van der Waals surface area contributed by atoms with Crippen LogP contribution in [-0.2, 0) is 0 Å². The molecule has 0 radical (unpaired) electrons. The average molecular weight is 431 g/mol. The summed E-state index contributed by atoms with van der Waals surface area (Å²) in [7, 11) is 0. The molecule has 0 saturated carbocycles. The van der Waals surface area contributed by atoms with E-state index in [1.165, 1.54) is 5.01 Å². The molecule has 2 aliphatic rings. The van der Waals surface area contributed by atoms with Crippen molar-refractivity contribution in [3.63, 3.8) is 0 Å². The van der Waals surface area contributed by atoms with Crippen molar-refractivity contribution >= 4 is 17.5 Å². The van der Waals surface area contributed by atoms with E-state index >= 15 is 0 Å². The van der Waals surface area contributed by atoms with Gasteiger partial charge in [-0.2, -0.15) is 0 Å². The second-order valence-electron chi connectivity index (χ2n) is 7.25. The molecule has 5 rings (SSSR count). The topological polar surface area (TPSA) is 89.1 Å². The minimum absolute atomic E-state index is 0.146. The lowest BCUT2D eigenvalue weighted by atomic mass is 10.0.